The Balaban J connectivity index is 3.35. The van der Waals surface area contributed by atoms with Gasteiger partial charge in [-0.15, -0.1) is 0 Å². The van der Waals surface area contributed by atoms with Gasteiger partial charge in [-0.2, -0.15) is 0 Å². The van der Waals surface area contributed by atoms with Crippen molar-refractivity contribution in [1.29, 1.82) is 0 Å². The van der Waals surface area contributed by atoms with E-state index in [0.29, 0.717) is 0 Å². The molecule has 15 heavy (non-hydrogen) atoms. The second-order valence-corrected chi connectivity index (χ2v) is 4.23. The van der Waals surface area contributed by atoms with Crippen LogP contribution in [0.1, 0.15) is 27.7 Å². The summed E-state index contributed by atoms with van der Waals surface area (Å²) in [5.41, 5.74) is 0. The minimum absolute atomic E-state index is 0.739. The summed E-state index contributed by atoms with van der Waals surface area (Å²) < 4.78 is 5.35. The fourth-order valence-corrected chi connectivity index (χ4v) is 1.39. The first-order valence-electron chi connectivity index (χ1n) is 6.21. The van der Waals surface area contributed by atoms with E-state index in [0.717, 1.165) is 51.9 Å². The number of nitrogens with zero attached hydrogens (tertiary/aromatic N) is 1. The van der Waals surface area contributed by atoms with E-state index in [1.165, 1.54) is 0 Å². The van der Waals surface area contributed by atoms with Gasteiger partial charge in [0, 0.05) is 26.2 Å². The summed E-state index contributed by atoms with van der Waals surface area (Å²) in [6.45, 7) is 15.9. The van der Waals surface area contributed by atoms with Crippen LogP contribution in [0.4, 0.5) is 0 Å². The van der Waals surface area contributed by atoms with Gasteiger partial charge in [-0.1, -0.05) is 20.8 Å². The highest BCUT2D eigenvalue weighted by molar-refractivity contribution is 4.58. The Morgan fingerprint density at radius 2 is 1.93 bits per heavy atom. The van der Waals surface area contributed by atoms with E-state index in [-0.39, 0.29) is 0 Å². The second-order valence-electron chi connectivity index (χ2n) is 4.23. The van der Waals surface area contributed by atoms with E-state index in [4.69, 9.17) is 4.74 Å². The molecule has 0 aromatic rings. The maximum Gasteiger partial charge on any atom is 0.0593 e. The van der Waals surface area contributed by atoms with Crippen molar-refractivity contribution in [2.75, 3.05) is 45.9 Å². The third-order valence-corrected chi connectivity index (χ3v) is 2.36. The number of nitrogens with one attached hydrogen (secondary N) is 1. The van der Waals surface area contributed by atoms with Crippen LogP contribution in [0.25, 0.3) is 0 Å². The van der Waals surface area contributed by atoms with Gasteiger partial charge in [-0.25, -0.2) is 0 Å². The molecule has 1 N–H and O–H groups in total. The minimum Gasteiger partial charge on any atom is -0.380 e. The van der Waals surface area contributed by atoms with Crippen molar-refractivity contribution < 1.29 is 4.74 Å². The number of hydrogen-bond acceptors (Lipinski definition) is 3. The fourth-order valence-electron chi connectivity index (χ4n) is 1.39. The predicted octanol–water partition coefficient (Wildman–Crippen LogP) is 1.59. The molecule has 0 saturated heterocycles. The summed E-state index contributed by atoms with van der Waals surface area (Å²) in [5.74, 6) is 0.739. The van der Waals surface area contributed by atoms with E-state index in [1.807, 2.05) is 6.92 Å². The average Bonchev–Trinajstić information content (AvgIpc) is 2.21. The molecule has 3 heteroatoms. The van der Waals surface area contributed by atoms with Gasteiger partial charge < -0.3 is 15.0 Å². The quantitative estimate of drug-likeness (QED) is 0.561. The van der Waals surface area contributed by atoms with E-state index in [9.17, 15) is 0 Å². The Morgan fingerprint density at radius 1 is 1.20 bits per heavy atom. The molecule has 0 saturated carbocycles. The molecule has 0 amide bonds. The molecule has 0 atom stereocenters. The van der Waals surface area contributed by atoms with Crippen molar-refractivity contribution in [2.45, 2.75) is 27.7 Å². The first kappa shape index (κ1) is 14.9. The van der Waals surface area contributed by atoms with Crippen LogP contribution < -0.4 is 5.32 Å². The molecular formula is C12H28N2O. The predicted molar refractivity (Wildman–Crippen MR) is 66.3 cm³/mol. The molecule has 0 spiro atoms. The van der Waals surface area contributed by atoms with Gasteiger partial charge >= 0.3 is 0 Å². The number of hydrogen-bond donors (Lipinski definition) is 1. The van der Waals surface area contributed by atoms with Crippen molar-refractivity contribution in [2.24, 2.45) is 5.92 Å². The minimum atomic E-state index is 0.739. The summed E-state index contributed by atoms with van der Waals surface area (Å²) in [4.78, 5) is 2.42. The zero-order chi connectivity index (χ0) is 11.5. The lowest BCUT2D eigenvalue weighted by Gasteiger charge is -2.20. The van der Waals surface area contributed by atoms with Crippen LogP contribution in [0, 0.1) is 5.92 Å². The van der Waals surface area contributed by atoms with Gasteiger partial charge in [-0.3, -0.25) is 0 Å². The Hall–Kier alpha value is -0.120. The van der Waals surface area contributed by atoms with E-state index >= 15 is 0 Å². The van der Waals surface area contributed by atoms with Crippen molar-refractivity contribution in [3.8, 4) is 0 Å². The Morgan fingerprint density at radius 3 is 2.47 bits per heavy atom. The van der Waals surface area contributed by atoms with E-state index < -0.39 is 0 Å². The molecule has 0 aliphatic rings. The highest BCUT2D eigenvalue weighted by atomic mass is 16.5. The average molecular weight is 216 g/mol. The summed E-state index contributed by atoms with van der Waals surface area (Å²) in [7, 11) is 0. The molecule has 0 heterocycles. The number of rotatable bonds is 10. The third kappa shape index (κ3) is 10.2. The lowest BCUT2D eigenvalue weighted by Crippen LogP contribution is -2.35. The molecular weight excluding hydrogens is 188 g/mol. The Kier molecular flexibility index (Phi) is 10.3. The van der Waals surface area contributed by atoms with Crippen molar-refractivity contribution >= 4 is 0 Å². The molecule has 0 aromatic heterocycles. The van der Waals surface area contributed by atoms with Crippen molar-refractivity contribution in [3.05, 3.63) is 0 Å². The van der Waals surface area contributed by atoms with Gasteiger partial charge in [-0.05, 0) is 25.9 Å². The van der Waals surface area contributed by atoms with Crippen LogP contribution >= 0.6 is 0 Å². The summed E-state index contributed by atoms with van der Waals surface area (Å²) in [5, 5.41) is 3.46. The van der Waals surface area contributed by atoms with Crippen molar-refractivity contribution in [3.63, 3.8) is 0 Å². The normalized spacial score (nSPS) is 11.6. The van der Waals surface area contributed by atoms with E-state index in [2.05, 4.69) is 31.0 Å². The largest absolute Gasteiger partial charge is 0.380 e. The molecule has 92 valence electrons. The monoisotopic (exact) mass is 216 g/mol. The summed E-state index contributed by atoms with van der Waals surface area (Å²) in [6, 6.07) is 0. The van der Waals surface area contributed by atoms with Gasteiger partial charge in [0.1, 0.15) is 0 Å². The smallest absolute Gasteiger partial charge is 0.0593 e. The van der Waals surface area contributed by atoms with Gasteiger partial charge in [0.05, 0.1) is 6.61 Å². The van der Waals surface area contributed by atoms with Gasteiger partial charge in [0.2, 0.25) is 0 Å². The molecule has 0 aliphatic heterocycles. The van der Waals surface area contributed by atoms with E-state index in [1.54, 1.807) is 0 Å². The first-order chi connectivity index (χ1) is 7.20. The first-order valence-corrected chi connectivity index (χ1v) is 6.21. The molecule has 0 aromatic carbocycles. The second kappa shape index (κ2) is 10.4. The highest BCUT2D eigenvalue weighted by Crippen LogP contribution is 1.89. The Bertz CT molecular complexity index is 129. The summed E-state index contributed by atoms with van der Waals surface area (Å²) >= 11 is 0. The van der Waals surface area contributed by atoms with Crippen LogP contribution in [-0.2, 0) is 4.74 Å². The zero-order valence-corrected chi connectivity index (χ0v) is 10.9. The molecule has 0 aliphatic carbocycles. The topological polar surface area (TPSA) is 24.5 Å². The van der Waals surface area contributed by atoms with Crippen LogP contribution in [0.2, 0.25) is 0 Å². The standard InChI is InChI=1S/C12H28N2O/c1-5-14(9-10-15-6-2)8-7-13-11-12(3)4/h12-13H,5-11H2,1-4H3. The summed E-state index contributed by atoms with van der Waals surface area (Å²) in [6.07, 6.45) is 0. The lowest BCUT2D eigenvalue weighted by molar-refractivity contribution is 0.115. The van der Waals surface area contributed by atoms with Crippen molar-refractivity contribution in [1.82, 2.24) is 10.2 Å². The van der Waals surface area contributed by atoms with Crippen LogP contribution in [-0.4, -0.2) is 50.8 Å². The van der Waals surface area contributed by atoms with Gasteiger partial charge in [0.15, 0.2) is 0 Å². The third-order valence-electron chi connectivity index (χ3n) is 2.36. The van der Waals surface area contributed by atoms with Crippen LogP contribution in [0.5, 0.6) is 0 Å². The zero-order valence-electron chi connectivity index (χ0n) is 10.9. The molecule has 0 radical (unpaired) electrons. The molecule has 0 unspecified atom stereocenters. The van der Waals surface area contributed by atoms with Crippen LogP contribution in [0.3, 0.4) is 0 Å². The fraction of sp³-hybridized carbons (Fsp3) is 1.00. The maximum absolute atomic E-state index is 5.35. The maximum atomic E-state index is 5.35. The van der Waals surface area contributed by atoms with Gasteiger partial charge in [0.25, 0.3) is 0 Å². The molecule has 0 fully saturated rings. The number of likely N-dealkylation sites (N-methyl/N-ethyl adjacent to an activating group) is 1. The lowest BCUT2D eigenvalue weighted by atomic mass is 10.2. The SMILES string of the molecule is CCOCCN(CC)CCNCC(C)C. The molecule has 0 rings (SSSR count). The number of ether oxygens (including phenoxy) is 1. The Labute approximate surface area is 95.2 Å². The highest BCUT2D eigenvalue weighted by Gasteiger charge is 2.01. The molecule has 3 nitrogen and oxygen atoms in total. The van der Waals surface area contributed by atoms with Crippen LogP contribution in [0.15, 0.2) is 0 Å². The molecule has 0 bridgehead atoms.